The maximum absolute atomic E-state index is 5.08. The van der Waals surface area contributed by atoms with Gasteiger partial charge in [-0.25, -0.2) is 0 Å². The molecule has 2 nitrogen and oxygen atoms in total. The van der Waals surface area contributed by atoms with E-state index in [1.165, 1.54) is 11.1 Å². The lowest BCUT2D eigenvalue weighted by Crippen LogP contribution is -1.96. The normalized spacial score (nSPS) is 17.1. The van der Waals surface area contributed by atoms with Gasteiger partial charge in [-0.2, -0.15) is 0 Å². The van der Waals surface area contributed by atoms with Crippen LogP contribution in [0.3, 0.4) is 0 Å². The lowest BCUT2D eigenvalue weighted by atomic mass is 10.1. The quantitative estimate of drug-likeness (QED) is 0.743. The van der Waals surface area contributed by atoms with E-state index in [4.69, 9.17) is 4.84 Å². The number of fused-ring (bicyclic) bond motifs is 1. The number of oxime groups is 1. The van der Waals surface area contributed by atoms with Crippen molar-refractivity contribution < 1.29 is 4.84 Å². The fourth-order valence-electron chi connectivity index (χ4n) is 1.68. The van der Waals surface area contributed by atoms with Gasteiger partial charge in [-0.3, -0.25) is 0 Å². The molecule has 14 heavy (non-hydrogen) atoms. The molecule has 1 aliphatic rings. The number of hydrogen-bond donors (Lipinski definition) is 0. The summed E-state index contributed by atoms with van der Waals surface area (Å²) in [5, 5.41) is 4.11. The van der Waals surface area contributed by atoms with Crippen molar-refractivity contribution in [1.82, 2.24) is 0 Å². The van der Waals surface area contributed by atoms with Crippen LogP contribution in [0.1, 0.15) is 24.5 Å². The predicted molar refractivity (Wildman–Crippen MR) is 60.6 cm³/mol. The van der Waals surface area contributed by atoms with E-state index in [1.54, 1.807) is 0 Å². The predicted octanol–water partition coefficient (Wildman–Crippen LogP) is 3.14. The molecule has 0 unspecified atom stereocenters. The molecule has 0 aromatic heterocycles. The summed E-state index contributed by atoms with van der Waals surface area (Å²) in [6, 6.07) is 6.31. The van der Waals surface area contributed by atoms with Gasteiger partial charge in [-0.05, 0) is 37.5 Å². The molecular formula is C11H12BrNO. The number of rotatable bonds is 2. The van der Waals surface area contributed by atoms with Crippen LogP contribution in [0.2, 0.25) is 0 Å². The molecule has 0 radical (unpaired) electrons. The molecule has 0 saturated carbocycles. The van der Waals surface area contributed by atoms with E-state index in [1.807, 2.05) is 13.0 Å². The number of aryl methyl sites for hydroxylation is 1. The van der Waals surface area contributed by atoms with Crippen LogP contribution < -0.4 is 0 Å². The molecule has 0 atom stereocenters. The Kier molecular flexibility index (Phi) is 2.87. The van der Waals surface area contributed by atoms with Gasteiger partial charge in [-0.1, -0.05) is 27.2 Å². The SMILES string of the molecule is CCO/N=C1/CCc2cc(Br)ccc21. The van der Waals surface area contributed by atoms with Crippen molar-refractivity contribution in [2.75, 3.05) is 6.61 Å². The van der Waals surface area contributed by atoms with Crippen LogP contribution in [0.25, 0.3) is 0 Å². The minimum Gasteiger partial charge on any atom is -0.396 e. The first kappa shape index (κ1) is 9.71. The summed E-state index contributed by atoms with van der Waals surface area (Å²) < 4.78 is 1.13. The summed E-state index contributed by atoms with van der Waals surface area (Å²) in [7, 11) is 0. The van der Waals surface area contributed by atoms with Gasteiger partial charge >= 0.3 is 0 Å². The third kappa shape index (κ3) is 1.82. The zero-order chi connectivity index (χ0) is 9.97. The summed E-state index contributed by atoms with van der Waals surface area (Å²) >= 11 is 3.47. The van der Waals surface area contributed by atoms with Crippen molar-refractivity contribution in [3.05, 3.63) is 33.8 Å². The average Bonchev–Trinajstić information content (AvgIpc) is 2.57. The first-order valence-corrected chi connectivity index (χ1v) is 5.58. The van der Waals surface area contributed by atoms with Gasteiger partial charge < -0.3 is 4.84 Å². The first-order chi connectivity index (χ1) is 6.81. The topological polar surface area (TPSA) is 21.6 Å². The Morgan fingerprint density at radius 2 is 2.29 bits per heavy atom. The number of nitrogens with zero attached hydrogens (tertiary/aromatic N) is 1. The van der Waals surface area contributed by atoms with Gasteiger partial charge in [0.15, 0.2) is 0 Å². The smallest absolute Gasteiger partial charge is 0.114 e. The summed E-state index contributed by atoms with van der Waals surface area (Å²) in [5.41, 5.74) is 3.67. The molecule has 0 saturated heterocycles. The van der Waals surface area contributed by atoms with Crippen LogP contribution in [-0.4, -0.2) is 12.3 Å². The van der Waals surface area contributed by atoms with Crippen molar-refractivity contribution in [1.29, 1.82) is 0 Å². The third-order valence-electron chi connectivity index (χ3n) is 2.31. The van der Waals surface area contributed by atoms with E-state index in [0.29, 0.717) is 6.61 Å². The monoisotopic (exact) mass is 253 g/mol. The highest BCUT2D eigenvalue weighted by Gasteiger charge is 2.17. The summed E-state index contributed by atoms with van der Waals surface area (Å²) in [5.74, 6) is 0. The van der Waals surface area contributed by atoms with E-state index >= 15 is 0 Å². The molecule has 74 valence electrons. The molecule has 1 aliphatic carbocycles. The van der Waals surface area contributed by atoms with Crippen LogP contribution in [0.15, 0.2) is 27.8 Å². The van der Waals surface area contributed by atoms with Gasteiger partial charge in [0.2, 0.25) is 0 Å². The van der Waals surface area contributed by atoms with Crippen molar-refractivity contribution in [2.45, 2.75) is 19.8 Å². The Hall–Kier alpha value is -0.830. The van der Waals surface area contributed by atoms with Gasteiger partial charge in [0, 0.05) is 10.0 Å². The van der Waals surface area contributed by atoms with Crippen molar-refractivity contribution in [3.8, 4) is 0 Å². The third-order valence-corrected chi connectivity index (χ3v) is 2.81. The Balaban J connectivity index is 2.31. The summed E-state index contributed by atoms with van der Waals surface area (Å²) in [4.78, 5) is 5.08. The van der Waals surface area contributed by atoms with E-state index in [9.17, 15) is 0 Å². The maximum atomic E-state index is 5.08. The molecule has 0 bridgehead atoms. The molecule has 1 aromatic carbocycles. The second kappa shape index (κ2) is 4.13. The van der Waals surface area contributed by atoms with Gasteiger partial charge in [0.05, 0.1) is 5.71 Å². The molecular weight excluding hydrogens is 242 g/mol. The fourth-order valence-corrected chi connectivity index (χ4v) is 2.08. The van der Waals surface area contributed by atoms with Crippen molar-refractivity contribution >= 4 is 21.6 Å². The minimum atomic E-state index is 0.634. The number of benzene rings is 1. The van der Waals surface area contributed by atoms with E-state index < -0.39 is 0 Å². The van der Waals surface area contributed by atoms with Crippen LogP contribution in [0, 0.1) is 0 Å². The lowest BCUT2D eigenvalue weighted by molar-refractivity contribution is 0.158. The van der Waals surface area contributed by atoms with E-state index in [2.05, 4.69) is 33.2 Å². The molecule has 0 aliphatic heterocycles. The Bertz CT molecular complexity index is 374. The van der Waals surface area contributed by atoms with Gasteiger partial charge in [0.1, 0.15) is 6.61 Å². The molecule has 2 rings (SSSR count). The van der Waals surface area contributed by atoms with Crippen molar-refractivity contribution in [2.24, 2.45) is 5.16 Å². The Labute approximate surface area is 92.1 Å². The second-order valence-corrected chi connectivity index (χ2v) is 4.17. The zero-order valence-electron chi connectivity index (χ0n) is 8.09. The second-order valence-electron chi connectivity index (χ2n) is 3.26. The molecule has 0 N–H and O–H groups in total. The zero-order valence-corrected chi connectivity index (χ0v) is 9.67. The maximum Gasteiger partial charge on any atom is 0.114 e. The van der Waals surface area contributed by atoms with Crippen molar-refractivity contribution in [3.63, 3.8) is 0 Å². The molecule has 0 amide bonds. The number of hydrogen-bond acceptors (Lipinski definition) is 2. The van der Waals surface area contributed by atoms with Gasteiger partial charge in [-0.15, -0.1) is 0 Å². The van der Waals surface area contributed by atoms with Gasteiger partial charge in [0.25, 0.3) is 0 Å². The highest BCUT2D eigenvalue weighted by molar-refractivity contribution is 9.10. The molecule has 1 aromatic rings. The highest BCUT2D eigenvalue weighted by atomic mass is 79.9. The van der Waals surface area contributed by atoms with Crippen LogP contribution in [-0.2, 0) is 11.3 Å². The first-order valence-electron chi connectivity index (χ1n) is 4.79. The Morgan fingerprint density at radius 1 is 1.43 bits per heavy atom. The molecule has 3 heteroatoms. The fraction of sp³-hybridized carbons (Fsp3) is 0.364. The highest BCUT2D eigenvalue weighted by Crippen LogP contribution is 2.25. The lowest BCUT2D eigenvalue weighted by Gasteiger charge is -2.00. The molecule has 0 heterocycles. The number of halogens is 1. The molecule has 0 spiro atoms. The summed E-state index contributed by atoms with van der Waals surface area (Å²) in [6.45, 7) is 2.58. The van der Waals surface area contributed by atoms with E-state index in [0.717, 1.165) is 23.0 Å². The largest absolute Gasteiger partial charge is 0.396 e. The molecule has 0 fully saturated rings. The average molecular weight is 254 g/mol. The Morgan fingerprint density at radius 3 is 3.07 bits per heavy atom. The minimum absolute atomic E-state index is 0.634. The van der Waals surface area contributed by atoms with E-state index in [-0.39, 0.29) is 0 Å². The van der Waals surface area contributed by atoms with Crippen LogP contribution in [0.4, 0.5) is 0 Å². The standard InChI is InChI=1S/C11H12BrNO/c1-2-14-13-11-6-3-8-7-9(12)4-5-10(8)11/h4-5,7H,2-3,6H2,1H3/b13-11-. The van der Waals surface area contributed by atoms with Crippen LogP contribution >= 0.6 is 15.9 Å². The summed E-state index contributed by atoms with van der Waals surface area (Å²) in [6.07, 6.45) is 2.06. The van der Waals surface area contributed by atoms with Crippen LogP contribution in [0.5, 0.6) is 0 Å².